The quantitative estimate of drug-likeness (QED) is 0.112. The molecule has 2 bridgehead atoms. The second kappa shape index (κ2) is 15.9. The standard InChI is InChI=1S/C37H34Cl2F3N3O7/c1-50-33-15-23(7-9-32(33)51-36(41)42)25(16-27-28(38)18-44(49)19-29(27)39)26-14-21(6-8-24(26)35(46)47)17-45(31-5-3-2-4-30(31)40)37(48)52-34-20-43-12-10-22(34)11-13-43/h2-9,14-15,18-19,22,25,34,36H,10-13,16-17,20H2,1H3,(H-,46,47,49)/p+1/t25-,34-/m0/s1. The van der Waals surface area contributed by atoms with Gasteiger partial charge in [0.15, 0.2) is 11.5 Å². The smallest absolute Gasteiger partial charge is 0.415 e. The first kappa shape index (κ1) is 37.1. The highest BCUT2D eigenvalue weighted by molar-refractivity contribution is 6.35. The molecular formula is C37H35Cl2F3N3O7+. The topological polar surface area (TPSA) is 113 Å². The lowest BCUT2D eigenvalue weighted by molar-refractivity contribution is -0.904. The van der Waals surface area contributed by atoms with Crippen molar-refractivity contribution in [3.05, 3.63) is 117 Å². The largest absolute Gasteiger partial charge is 0.493 e. The number of pyridine rings is 1. The van der Waals surface area contributed by atoms with Crippen molar-refractivity contribution in [3.8, 4) is 11.5 Å². The van der Waals surface area contributed by atoms with Gasteiger partial charge in [-0.3, -0.25) is 15.0 Å². The minimum absolute atomic E-state index is 0.0197. The van der Waals surface area contributed by atoms with Crippen molar-refractivity contribution in [2.24, 2.45) is 5.92 Å². The summed E-state index contributed by atoms with van der Waals surface area (Å²) in [5.41, 5.74) is 1.30. The van der Waals surface area contributed by atoms with Crippen molar-refractivity contribution >= 4 is 41.0 Å². The molecule has 274 valence electrons. The Bertz CT molecular complexity index is 1940. The Morgan fingerprint density at radius 2 is 1.73 bits per heavy atom. The highest BCUT2D eigenvalue weighted by Crippen LogP contribution is 2.40. The van der Waals surface area contributed by atoms with Crippen LogP contribution in [-0.2, 0) is 17.7 Å². The SMILES string of the molecule is COc1cc([C@H](Cc2c(Cl)c[n+](O)cc2Cl)c2cc(CN(C(=O)O[C@H]3CN4CCC3CC4)c3ccccc3F)ccc2C(=O)O)ccc1OC(F)F. The lowest BCUT2D eigenvalue weighted by atomic mass is 9.82. The Morgan fingerprint density at radius 3 is 2.35 bits per heavy atom. The second-order valence-electron chi connectivity index (χ2n) is 12.7. The molecule has 0 spiro atoms. The van der Waals surface area contributed by atoms with Crippen LogP contribution in [0.15, 0.2) is 73.1 Å². The van der Waals surface area contributed by atoms with Crippen LogP contribution in [0.4, 0.5) is 23.7 Å². The molecule has 3 aliphatic rings. The predicted molar refractivity (Wildman–Crippen MR) is 184 cm³/mol. The third kappa shape index (κ3) is 8.16. The molecule has 3 fully saturated rings. The molecule has 7 rings (SSSR count). The number of aromatic nitrogens is 1. The number of hydrogen-bond acceptors (Lipinski definition) is 7. The number of hydrogen-bond donors (Lipinski definition) is 2. The molecule has 52 heavy (non-hydrogen) atoms. The van der Waals surface area contributed by atoms with Gasteiger partial charge in [0.1, 0.15) is 22.0 Å². The Morgan fingerprint density at radius 1 is 1.02 bits per heavy atom. The van der Waals surface area contributed by atoms with E-state index in [4.69, 9.17) is 32.7 Å². The van der Waals surface area contributed by atoms with E-state index in [1.807, 2.05) is 0 Å². The number of benzene rings is 3. The predicted octanol–water partition coefficient (Wildman–Crippen LogP) is 7.58. The number of fused-ring (bicyclic) bond motifs is 3. The summed E-state index contributed by atoms with van der Waals surface area (Å²) in [6.07, 6.45) is 3.08. The molecular weight excluding hydrogens is 726 g/mol. The van der Waals surface area contributed by atoms with Gasteiger partial charge < -0.3 is 19.3 Å². The monoisotopic (exact) mass is 760 g/mol. The van der Waals surface area contributed by atoms with E-state index in [0.29, 0.717) is 28.0 Å². The maximum atomic E-state index is 15.3. The molecule has 3 aliphatic heterocycles. The molecule has 2 N–H and O–H groups in total. The van der Waals surface area contributed by atoms with E-state index in [9.17, 15) is 28.7 Å². The Labute approximate surface area is 307 Å². The first-order valence-electron chi connectivity index (χ1n) is 16.4. The molecule has 15 heteroatoms. The lowest BCUT2D eigenvalue weighted by Gasteiger charge is -2.44. The molecule has 0 radical (unpaired) electrons. The molecule has 3 saturated heterocycles. The van der Waals surface area contributed by atoms with Crippen LogP contribution in [0.1, 0.15) is 51.4 Å². The number of piperidine rings is 3. The van der Waals surface area contributed by atoms with E-state index in [-0.39, 0.29) is 63.3 Å². The number of carboxylic acids is 1. The summed E-state index contributed by atoms with van der Waals surface area (Å²) in [4.78, 5) is 30.0. The van der Waals surface area contributed by atoms with Gasteiger partial charge >= 0.3 is 18.7 Å². The van der Waals surface area contributed by atoms with Crippen molar-refractivity contribution in [2.75, 3.05) is 31.6 Å². The summed E-state index contributed by atoms with van der Waals surface area (Å²) >= 11 is 13.0. The van der Waals surface area contributed by atoms with Gasteiger partial charge in [-0.05, 0) is 85.3 Å². The third-order valence-corrected chi connectivity index (χ3v) is 10.2. The molecule has 1 aromatic heterocycles. The zero-order valence-corrected chi connectivity index (χ0v) is 29.4. The number of amides is 1. The molecule has 0 unspecified atom stereocenters. The van der Waals surface area contributed by atoms with Gasteiger partial charge in [0.2, 0.25) is 12.4 Å². The zero-order valence-electron chi connectivity index (χ0n) is 27.9. The van der Waals surface area contributed by atoms with Gasteiger partial charge in [-0.1, -0.05) is 53.5 Å². The van der Waals surface area contributed by atoms with Gasteiger partial charge in [0.25, 0.3) is 0 Å². The minimum Gasteiger partial charge on any atom is -0.493 e. The molecule has 4 aromatic rings. The number of halogens is 5. The Balaban J connectivity index is 1.43. The number of methoxy groups -OCH3 is 1. The number of ether oxygens (including phenoxy) is 3. The fourth-order valence-electron chi connectivity index (χ4n) is 6.97. The number of carbonyl (C=O) groups is 2. The fraction of sp³-hybridized carbons (Fsp3) is 0.324. The first-order valence-corrected chi connectivity index (χ1v) is 17.2. The number of nitrogens with zero attached hydrogens (tertiary/aromatic N) is 3. The normalized spacial score (nSPS) is 18.6. The van der Waals surface area contributed by atoms with E-state index in [1.165, 1.54) is 72.9 Å². The van der Waals surface area contributed by atoms with Crippen molar-refractivity contribution in [1.82, 2.24) is 4.90 Å². The van der Waals surface area contributed by atoms with Crippen LogP contribution >= 0.6 is 23.2 Å². The molecule has 3 aromatic carbocycles. The van der Waals surface area contributed by atoms with Crippen molar-refractivity contribution in [2.45, 2.75) is 44.4 Å². The van der Waals surface area contributed by atoms with E-state index in [1.54, 1.807) is 12.1 Å². The molecule has 4 heterocycles. The summed E-state index contributed by atoms with van der Waals surface area (Å²) < 4.78 is 58.3. The zero-order chi connectivity index (χ0) is 37.1. The van der Waals surface area contributed by atoms with Crippen LogP contribution in [0.3, 0.4) is 0 Å². The maximum absolute atomic E-state index is 15.3. The summed E-state index contributed by atoms with van der Waals surface area (Å²) in [5.74, 6) is -2.89. The van der Waals surface area contributed by atoms with Gasteiger partial charge in [-0.15, -0.1) is 0 Å². The summed E-state index contributed by atoms with van der Waals surface area (Å²) in [5, 5.41) is 20.5. The van der Waals surface area contributed by atoms with Crippen LogP contribution < -0.4 is 19.1 Å². The first-order chi connectivity index (χ1) is 24.9. The third-order valence-electron chi connectivity index (χ3n) is 9.56. The fourth-order valence-corrected chi connectivity index (χ4v) is 7.58. The number of rotatable bonds is 12. The van der Waals surface area contributed by atoms with Crippen molar-refractivity contribution < 1.29 is 52.0 Å². The maximum Gasteiger partial charge on any atom is 0.415 e. The van der Waals surface area contributed by atoms with Crippen LogP contribution in [0.25, 0.3) is 0 Å². The number of aromatic carboxylic acids is 1. The summed E-state index contributed by atoms with van der Waals surface area (Å²) in [6, 6.07) is 14.5. The number of para-hydroxylation sites is 1. The molecule has 10 nitrogen and oxygen atoms in total. The Hall–Kier alpha value is -4.72. The minimum atomic E-state index is -3.13. The summed E-state index contributed by atoms with van der Waals surface area (Å²) in [6.45, 7) is -0.868. The van der Waals surface area contributed by atoms with Gasteiger partial charge in [-0.25, -0.2) is 14.0 Å². The van der Waals surface area contributed by atoms with Crippen molar-refractivity contribution in [1.29, 1.82) is 0 Å². The van der Waals surface area contributed by atoms with E-state index in [2.05, 4.69) is 9.64 Å². The van der Waals surface area contributed by atoms with Gasteiger partial charge in [0.05, 0.1) is 24.9 Å². The van der Waals surface area contributed by atoms with Gasteiger partial charge in [-0.2, -0.15) is 8.78 Å². The van der Waals surface area contributed by atoms with E-state index in [0.717, 1.165) is 25.9 Å². The van der Waals surface area contributed by atoms with Gasteiger partial charge in [0, 0.05) is 22.8 Å². The second-order valence-corrected chi connectivity index (χ2v) is 13.5. The van der Waals surface area contributed by atoms with E-state index >= 15 is 4.39 Å². The van der Waals surface area contributed by atoms with Crippen molar-refractivity contribution in [3.63, 3.8) is 0 Å². The van der Waals surface area contributed by atoms with Crippen LogP contribution in [-0.4, -0.2) is 66.7 Å². The van der Waals surface area contributed by atoms with Crippen LogP contribution in [0.5, 0.6) is 11.5 Å². The number of carbonyl (C=O) groups excluding carboxylic acids is 1. The molecule has 2 atom stereocenters. The number of alkyl halides is 2. The van der Waals surface area contributed by atoms with Crippen LogP contribution in [0.2, 0.25) is 10.0 Å². The lowest BCUT2D eigenvalue weighted by Crippen LogP contribution is -2.53. The number of carboxylic acid groups (broad SMARTS) is 1. The molecule has 1 amide bonds. The Kier molecular flexibility index (Phi) is 11.3. The molecule has 0 aliphatic carbocycles. The average Bonchev–Trinajstić information content (AvgIpc) is 3.11. The van der Waals surface area contributed by atoms with E-state index < -0.39 is 30.4 Å². The summed E-state index contributed by atoms with van der Waals surface area (Å²) in [7, 11) is 1.27. The highest BCUT2D eigenvalue weighted by atomic mass is 35.5. The highest BCUT2D eigenvalue weighted by Gasteiger charge is 2.38. The van der Waals surface area contributed by atoms with Crippen LogP contribution in [0, 0.1) is 11.7 Å². The molecule has 0 saturated carbocycles. The number of anilines is 1. The average molecular weight is 762 g/mol.